The van der Waals surface area contributed by atoms with Crippen LogP contribution in [0.2, 0.25) is 0 Å². The molecule has 2 heterocycles. The van der Waals surface area contributed by atoms with Gasteiger partial charge in [-0.1, -0.05) is 18.2 Å². The van der Waals surface area contributed by atoms with Crippen LogP contribution in [0.3, 0.4) is 0 Å². The van der Waals surface area contributed by atoms with E-state index in [9.17, 15) is 4.79 Å². The number of hydrogen-bond acceptors (Lipinski definition) is 3. The van der Waals surface area contributed by atoms with Crippen molar-refractivity contribution in [3.05, 3.63) is 29.8 Å². The molecule has 5 heteroatoms. The fraction of sp³-hybridized carbons (Fsp3) is 0.533. The third-order valence-corrected chi connectivity index (χ3v) is 3.94. The van der Waals surface area contributed by atoms with E-state index in [2.05, 4.69) is 10.6 Å². The Hall–Kier alpha value is -1.26. The van der Waals surface area contributed by atoms with Crippen LogP contribution in [0, 0.1) is 5.92 Å². The van der Waals surface area contributed by atoms with Gasteiger partial charge >= 0.3 is 0 Å². The highest BCUT2D eigenvalue weighted by Crippen LogP contribution is 2.26. The van der Waals surface area contributed by atoms with Crippen LogP contribution < -0.4 is 15.4 Å². The first-order chi connectivity index (χ1) is 9.33. The van der Waals surface area contributed by atoms with Gasteiger partial charge in [0, 0.05) is 6.04 Å². The molecule has 1 amide bonds. The summed E-state index contributed by atoms with van der Waals surface area (Å²) in [5.74, 6) is 1.01. The van der Waals surface area contributed by atoms with Gasteiger partial charge in [-0.2, -0.15) is 0 Å². The van der Waals surface area contributed by atoms with E-state index in [1.165, 1.54) is 0 Å². The average Bonchev–Trinajstić information content (AvgIpc) is 2.48. The Bertz CT molecular complexity index is 461. The fourth-order valence-electron chi connectivity index (χ4n) is 2.78. The van der Waals surface area contributed by atoms with Crippen molar-refractivity contribution in [3.8, 4) is 5.75 Å². The number of halogens is 1. The van der Waals surface area contributed by atoms with Gasteiger partial charge in [0.1, 0.15) is 12.4 Å². The first kappa shape index (κ1) is 15.1. The summed E-state index contributed by atoms with van der Waals surface area (Å²) < 4.78 is 5.67. The molecule has 2 N–H and O–H groups in total. The molecule has 1 aromatic rings. The molecule has 110 valence electrons. The van der Waals surface area contributed by atoms with Gasteiger partial charge in [-0.05, 0) is 44.0 Å². The number of fused-ring (bicyclic) bond motifs is 1. The second-order valence-corrected chi connectivity index (χ2v) is 5.35. The smallest absolute Gasteiger partial charge is 0.227 e. The molecule has 3 rings (SSSR count). The van der Waals surface area contributed by atoms with Gasteiger partial charge in [0.25, 0.3) is 0 Å². The van der Waals surface area contributed by atoms with E-state index in [0.717, 1.165) is 43.7 Å². The zero-order valence-corrected chi connectivity index (χ0v) is 12.2. The molecular weight excluding hydrogens is 276 g/mol. The number of carbonyl (C=O) groups is 1. The maximum atomic E-state index is 12.3. The summed E-state index contributed by atoms with van der Waals surface area (Å²) in [6.45, 7) is 2.48. The second-order valence-electron chi connectivity index (χ2n) is 5.35. The van der Waals surface area contributed by atoms with Crippen molar-refractivity contribution in [2.24, 2.45) is 5.92 Å². The van der Waals surface area contributed by atoms with Gasteiger partial charge in [0.05, 0.1) is 5.92 Å². The Balaban J connectivity index is 0.00000147. The topological polar surface area (TPSA) is 50.4 Å². The molecule has 1 fully saturated rings. The Morgan fingerprint density at radius 1 is 1.25 bits per heavy atom. The molecule has 0 saturated carbocycles. The summed E-state index contributed by atoms with van der Waals surface area (Å²) in [6, 6.07) is 8.30. The Kier molecular flexibility index (Phi) is 5.26. The minimum atomic E-state index is -0.0511. The van der Waals surface area contributed by atoms with Crippen LogP contribution in [0.15, 0.2) is 24.3 Å². The number of rotatable bonds is 2. The van der Waals surface area contributed by atoms with Crippen molar-refractivity contribution < 1.29 is 9.53 Å². The first-order valence-corrected chi connectivity index (χ1v) is 7.05. The number of ether oxygens (including phenoxy) is 1. The van der Waals surface area contributed by atoms with E-state index < -0.39 is 0 Å². The lowest BCUT2D eigenvalue weighted by Gasteiger charge is -2.28. The minimum absolute atomic E-state index is 0. The predicted octanol–water partition coefficient (Wildman–Crippen LogP) is 1.53. The van der Waals surface area contributed by atoms with E-state index in [1.54, 1.807) is 0 Å². The second kappa shape index (κ2) is 6.95. The summed E-state index contributed by atoms with van der Waals surface area (Å²) in [5.41, 5.74) is 1.14. The van der Waals surface area contributed by atoms with Crippen molar-refractivity contribution >= 4 is 18.3 Å². The van der Waals surface area contributed by atoms with E-state index >= 15 is 0 Å². The highest BCUT2D eigenvalue weighted by molar-refractivity contribution is 5.85. The molecule has 0 spiro atoms. The summed E-state index contributed by atoms with van der Waals surface area (Å²) in [6.07, 6.45) is 2.83. The number of para-hydroxylation sites is 1. The highest BCUT2D eigenvalue weighted by atomic mass is 35.5. The lowest BCUT2D eigenvalue weighted by molar-refractivity contribution is -0.127. The number of hydrogen-bond donors (Lipinski definition) is 2. The van der Waals surface area contributed by atoms with Crippen molar-refractivity contribution in [3.63, 3.8) is 0 Å². The summed E-state index contributed by atoms with van der Waals surface area (Å²) >= 11 is 0. The highest BCUT2D eigenvalue weighted by Gasteiger charge is 2.27. The lowest BCUT2D eigenvalue weighted by Crippen LogP contribution is -2.46. The molecule has 2 aliphatic heterocycles. The van der Waals surface area contributed by atoms with E-state index in [4.69, 9.17) is 4.74 Å². The summed E-state index contributed by atoms with van der Waals surface area (Å²) in [5, 5.41) is 6.46. The molecule has 0 aliphatic carbocycles. The number of piperidine rings is 1. The Labute approximate surface area is 125 Å². The number of carbonyl (C=O) groups excluding carboxylic acids is 1. The molecule has 2 aliphatic rings. The Morgan fingerprint density at radius 2 is 2.00 bits per heavy atom. The van der Waals surface area contributed by atoms with Crippen molar-refractivity contribution in [1.82, 2.24) is 10.6 Å². The molecule has 0 bridgehead atoms. The molecule has 1 atom stereocenters. The molecule has 0 radical (unpaired) electrons. The van der Waals surface area contributed by atoms with Gasteiger partial charge < -0.3 is 15.4 Å². The Morgan fingerprint density at radius 3 is 2.80 bits per heavy atom. The number of amides is 1. The van der Waals surface area contributed by atoms with E-state index in [0.29, 0.717) is 12.6 Å². The van der Waals surface area contributed by atoms with Gasteiger partial charge in [-0.25, -0.2) is 0 Å². The van der Waals surface area contributed by atoms with Crippen LogP contribution in [-0.2, 0) is 11.2 Å². The largest absolute Gasteiger partial charge is 0.492 e. The zero-order valence-electron chi connectivity index (χ0n) is 11.4. The van der Waals surface area contributed by atoms with Crippen molar-refractivity contribution in [1.29, 1.82) is 0 Å². The lowest BCUT2D eigenvalue weighted by atomic mass is 9.95. The van der Waals surface area contributed by atoms with Crippen LogP contribution >= 0.6 is 12.4 Å². The predicted molar refractivity (Wildman–Crippen MR) is 80.4 cm³/mol. The number of nitrogens with one attached hydrogen (secondary N) is 2. The minimum Gasteiger partial charge on any atom is -0.492 e. The van der Waals surface area contributed by atoms with Gasteiger partial charge in [-0.3, -0.25) is 4.79 Å². The van der Waals surface area contributed by atoms with Crippen LogP contribution in [0.1, 0.15) is 18.4 Å². The van der Waals surface area contributed by atoms with Crippen molar-refractivity contribution in [2.45, 2.75) is 25.3 Å². The molecule has 1 saturated heterocycles. The monoisotopic (exact) mass is 296 g/mol. The van der Waals surface area contributed by atoms with Crippen molar-refractivity contribution in [2.75, 3.05) is 19.7 Å². The fourth-order valence-corrected chi connectivity index (χ4v) is 2.78. The normalized spacial score (nSPS) is 22.1. The molecule has 0 aromatic heterocycles. The summed E-state index contributed by atoms with van der Waals surface area (Å²) in [7, 11) is 0. The third kappa shape index (κ3) is 3.44. The first-order valence-electron chi connectivity index (χ1n) is 7.05. The van der Waals surface area contributed by atoms with Crippen LogP contribution in [-0.4, -0.2) is 31.6 Å². The maximum Gasteiger partial charge on any atom is 0.227 e. The van der Waals surface area contributed by atoms with Crippen LogP contribution in [0.5, 0.6) is 5.75 Å². The van der Waals surface area contributed by atoms with Gasteiger partial charge in [0.15, 0.2) is 0 Å². The van der Waals surface area contributed by atoms with E-state index in [1.807, 2.05) is 24.3 Å². The molecule has 20 heavy (non-hydrogen) atoms. The average molecular weight is 297 g/mol. The van der Waals surface area contributed by atoms with Crippen LogP contribution in [0.4, 0.5) is 0 Å². The molecule has 1 unspecified atom stereocenters. The molecule has 4 nitrogen and oxygen atoms in total. The standard InChI is InChI=1S/C15H20N2O2.ClH/c18-15(17-13-5-7-16-8-6-13)12-9-11-3-1-2-4-14(11)19-10-12;/h1-4,12-13,16H,5-10H2,(H,17,18);1H. The SMILES string of the molecule is Cl.O=C(NC1CCNCC1)C1COc2ccccc2C1. The molecular formula is C15H21ClN2O2. The van der Waals surface area contributed by atoms with Crippen LogP contribution in [0.25, 0.3) is 0 Å². The molecule has 1 aromatic carbocycles. The van der Waals surface area contributed by atoms with Gasteiger partial charge in [0.2, 0.25) is 5.91 Å². The summed E-state index contributed by atoms with van der Waals surface area (Å²) in [4.78, 5) is 12.3. The maximum absolute atomic E-state index is 12.3. The number of benzene rings is 1. The zero-order chi connectivity index (χ0) is 13.1. The quantitative estimate of drug-likeness (QED) is 0.870. The third-order valence-electron chi connectivity index (χ3n) is 3.94. The van der Waals surface area contributed by atoms with E-state index in [-0.39, 0.29) is 24.2 Å². The van der Waals surface area contributed by atoms with Gasteiger partial charge in [-0.15, -0.1) is 12.4 Å².